The van der Waals surface area contributed by atoms with E-state index in [2.05, 4.69) is 25.2 Å². The number of rotatable bonds is 1. The summed E-state index contributed by atoms with van der Waals surface area (Å²) < 4.78 is 14.4. The van der Waals surface area contributed by atoms with Crippen LogP contribution < -0.4 is 5.32 Å². The average Bonchev–Trinajstić information content (AvgIpc) is 2.29. The van der Waals surface area contributed by atoms with Gasteiger partial charge in [0.1, 0.15) is 6.17 Å². The molecular formula is C14H23FNP. The van der Waals surface area contributed by atoms with Crippen molar-refractivity contribution in [1.82, 2.24) is 5.32 Å². The monoisotopic (exact) mass is 255 g/mol. The Morgan fingerprint density at radius 2 is 2.29 bits per heavy atom. The van der Waals surface area contributed by atoms with Crippen molar-refractivity contribution < 1.29 is 4.39 Å². The van der Waals surface area contributed by atoms with E-state index in [-0.39, 0.29) is 5.92 Å². The Labute approximate surface area is 106 Å². The van der Waals surface area contributed by atoms with E-state index < -0.39 is 6.17 Å². The molecule has 0 amide bonds. The second-order valence-corrected chi connectivity index (χ2v) is 6.67. The second-order valence-electron chi connectivity index (χ2n) is 5.26. The molecule has 0 aromatic rings. The zero-order chi connectivity index (χ0) is 12.3. The van der Waals surface area contributed by atoms with Crippen LogP contribution in [0.25, 0.3) is 0 Å². The molecule has 96 valence electrons. The number of allylic oxidation sites excluding steroid dienone is 2. The van der Waals surface area contributed by atoms with Crippen molar-refractivity contribution in [1.29, 1.82) is 0 Å². The van der Waals surface area contributed by atoms with Gasteiger partial charge in [-0.05, 0) is 49.2 Å². The van der Waals surface area contributed by atoms with Gasteiger partial charge in [0.25, 0.3) is 0 Å². The molecule has 0 aromatic carbocycles. The molecule has 2 aliphatic heterocycles. The number of nitrogens with one attached hydrogen (secondary N) is 1. The van der Waals surface area contributed by atoms with Crippen molar-refractivity contribution >= 4 is 8.58 Å². The SMILES string of the molecule is CC1=CCNC=C1C1C(F)CCCPC[C@H]1C. The number of halogens is 1. The largest absolute Gasteiger partial charge is 0.387 e. The highest BCUT2D eigenvalue weighted by atomic mass is 31.1. The molecule has 0 aromatic heterocycles. The maximum atomic E-state index is 14.4. The summed E-state index contributed by atoms with van der Waals surface area (Å²) in [6.07, 6.45) is 7.78. The molecule has 0 bridgehead atoms. The minimum Gasteiger partial charge on any atom is -0.387 e. The summed E-state index contributed by atoms with van der Waals surface area (Å²) in [7, 11) is 1.02. The van der Waals surface area contributed by atoms with Crippen molar-refractivity contribution in [3.8, 4) is 0 Å². The fourth-order valence-electron chi connectivity index (χ4n) is 2.89. The van der Waals surface area contributed by atoms with Crippen LogP contribution in [0, 0.1) is 11.8 Å². The molecule has 0 saturated carbocycles. The highest BCUT2D eigenvalue weighted by Gasteiger charge is 2.32. The van der Waals surface area contributed by atoms with Gasteiger partial charge in [0, 0.05) is 18.7 Å². The van der Waals surface area contributed by atoms with Gasteiger partial charge in [-0.15, -0.1) is 8.58 Å². The van der Waals surface area contributed by atoms with E-state index in [1.807, 2.05) is 6.20 Å². The summed E-state index contributed by atoms with van der Waals surface area (Å²) in [5, 5.41) is 3.24. The van der Waals surface area contributed by atoms with Crippen molar-refractivity contribution in [3.63, 3.8) is 0 Å². The summed E-state index contributed by atoms with van der Waals surface area (Å²) in [5.74, 6) is 0.574. The first kappa shape index (κ1) is 13.1. The van der Waals surface area contributed by atoms with Gasteiger partial charge >= 0.3 is 0 Å². The Hall–Kier alpha value is -0.360. The smallest absolute Gasteiger partial charge is 0.107 e. The second kappa shape index (κ2) is 6.00. The predicted molar refractivity (Wildman–Crippen MR) is 74.7 cm³/mol. The fourth-order valence-corrected chi connectivity index (χ4v) is 4.26. The lowest BCUT2D eigenvalue weighted by Gasteiger charge is -2.33. The molecular weight excluding hydrogens is 232 g/mol. The average molecular weight is 255 g/mol. The Bertz CT molecular complexity index is 312. The van der Waals surface area contributed by atoms with Crippen LogP contribution in [0.5, 0.6) is 0 Å². The molecule has 2 aliphatic rings. The van der Waals surface area contributed by atoms with E-state index >= 15 is 0 Å². The Morgan fingerprint density at radius 3 is 3.06 bits per heavy atom. The first-order valence-electron chi connectivity index (χ1n) is 6.65. The summed E-state index contributed by atoms with van der Waals surface area (Å²) in [6.45, 7) is 5.22. The zero-order valence-corrected chi connectivity index (χ0v) is 11.8. The third kappa shape index (κ3) is 3.10. The van der Waals surface area contributed by atoms with Crippen molar-refractivity contribution in [2.75, 3.05) is 18.9 Å². The van der Waals surface area contributed by atoms with E-state index in [4.69, 9.17) is 0 Å². The topological polar surface area (TPSA) is 12.0 Å². The van der Waals surface area contributed by atoms with Gasteiger partial charge in [-0.3, -0.25) is 0 Å². The Morgan fingerprint density at radius 1 is 1.47 bits per heavy atom. The molecule has 17 heavy (non-hydrogen) atoms. The lowest BCUT2D eigenvalue weighted by molar-refractivity contribution is 0.197. The molecule has 1 fully saturated rings. The zero-order valence-electron chi connectivity index (χ0n) is 10.8. The van der Waals surface area contributed by atoms with Crippen LogP contribution in [-0.2, 0) is 0 Å². The standard InChI is InChI=1S/C14H23FNP/c1-10-5-6-16-8-12(10)14-11(2)9-17-7-3-4-13(14)15/h5,8,11,13-14,16-17H,3-4,6-7,9H2,1-2H3/t11-,13?,14?/m1/s1. The normalized spacial score (nSPS) is 36.5. The molecule has 2 heterocycles. The Kier molecular flexibility index (Phi) is 4.62. The maximum absolute atomic E-state index is 14.4. The van der Waals surface area contributed by atoms with Crippen LogP contribution in [0.15, 0.2) is 23.4 Å². The Balaban J connectivity index is 2.19. The van der Waals surface area contributed by atoms with Crippen LogP contribution in [-0.4, -0.2) is 25.0 Å². The van der Waals surface area contributed by atoms with Gasteiger partial charge in [-0.2, -0.15) is 0 Å². The molecule has 4 atom stereocenters. The van der Waals surface area contributed by atoms with E-state index in [0.29, 0.717) is 5.92 Å². The minimum absolute atomic E-state index is 0.104. The van der Waals surface area contributed by atoms with Crippen LogP contribution in [0.1, 0.15) is 26.7 Å². The maximum Gasteiger partial charge on any atom is 0.107 e. The van der Waals surface area contributed by atoms with Crippen molar-refractivity contribution in [2.24, 2.45) is 11.8 Å². The third-order valence-corrected chi connectivity index (χ3v) is 5.54. The molecule has 1 nitrogen and oxygen atoms in total. The lowest BCUT2D eigenvalue weighted by Crippen LogP contribution is -2.31. The molecule has 1 saturated heterocycles. The van der Waals surface area contributed by atoms with Gasteiger partial charge < -0.3 is 5.32 Å². The molecule has 0 radical (unpaired) electrons. The number of dihydropyridines is 1. The van der Waals surface area contributed by atoms with Crippen LogP contribution in [0.4, 0.5) is 4.39 Å². The highest BCUT2D eigenvalue weighted by molar-refractivity contribution is 7.37. The fraction of sp³-hybridized carbons (Fsp3) is 0.714. The molecule has 3 unspecified atom stereocenters. The molecule has 1 N–H and O–H groups in total. The lowest BCUT2D eigenvalue weighted by atomic mass is 9.79. The first-order valence-corrected chi connectivity index (χ1v) is 8.07. The van der Waals surface area contributed by atoms with Gasteiger partial charge in [-0.25, -0.2) is 4.39 Å². The van der Waals surface area contributed by atoms with Gasteiger partial charge in [0.2, 0.25) is 0 Å². The van der Waals surface area contributed by atoms with Crippen LogP contribution >= 0.6 is 8.58 Å². The van der Waals surface area contributed by atoms with Crippen molar-refractivity contribution in [3.05, 3.63) is 23.4 Å². The number of hydrogen-bond acceptors (Lipinski definition) is 1. The van der Waals surface area contributed by atoms with Crippen molar-refractivity contribution in [2.45, 2.75) is 32.9 Å². The van der Waals surface area contributed by atoms with Crippen LogP contribution in [0.2, 0.25) is 0 Å². The molecule has 0 spiro atoms. The molecule has 3 heteroatoms. The third-order valence-electron chi connectivity index (χ3n) is 3.90. The first-order chi connectivity index (χ1) is 8.20. The van der Waals surface area contributed by atoms with E-state index in [1.54, 1.807) is 0 Å². The van der Waals surface area contributed by atoms with Gasteiger partial charge in [0.05, 0.1) is 0 Å². The summed E-state index contributed by atoms with van der Waals surface area (Å²) in [5.41, 5.74) is 2.48. The summed E-state index contributed by atoms with van der Waals surface area (Å²) in [6, 6.07) is 0. The number of alkyl halides is 1. The quantitative estimate of drug-likeness (QED) is 0.707. The van der Waals surface area contributed by atoms with Gasteiger partial charge in [0.15, 0.2) is 0 Å². The summed E-state index contributed by atoms with van der Waals surface area (Å²) in [4.78, 5) is 0. The highest BCUT2D eigenvalue weighted by Crippen LogP contribution is 2.38. The predicted octanol–water partition coefficient (Wildman–Crippen LogP) is 3.48. The van der Waals surface area contributed by atoms with E-state index in [9.17, 15) is 4.39 Å². The summed E-state index contributed by atoms with van der Waals surface area (Å²) >= 11 is 0. The number of hydrogen-bond donors (Lipinski definition) is 1. The van der Waals surface area contributed by atoms with Gasteiger partial charge in [-0.1, -0.05) is 13.0 Å². The molecule has 0 aliphatic carbocycles. The molecule has 2 rings (SSSR count). The van der Waals surface area contributed by atoms with E-state index in [1.165, 1.54) is 23.5 Å². The van der Waals surface area contributed by atoms with E-state index in [0.717, 1.165) is 28.0 Å². The van der Waals surface area contributed by atoms with Crippen LogP contribution in [0.3, 0.4) is 0 Å². The minimum atomic E-state index is -0.662.